The first-order chi connectivity index (χ1) is 13.3. The van der Waals surface area contributed by atoms with E-state index in [-0.39, 0.29) is 36.5 Å². The summed E-state index contributed by atoms with van der Waals surface area (Å²) in [7, 11) is 1.32. The lowest BCUT2D eigenvalue weighted by atomic mass is 10.1. The average molecular weight is 392 g/mol. The van der Waals surface area contributed by atoms with Gasteiger partial charge in [-0.15, -0.1) is 6.42 Å². The van der Waals surface area contributed by atoms with Crippen molar-refractivity contribution in [1.29, 1.82) is 0 Å². The SMILES string of the molecule is C#CCOc1cc([N+](=O)[O-])c(C(C)OC(=O)ON2C(=O)CCC2=O)cc1OC. The fourth-order valence-electron chi connectivity index (χ4n) is 2.40. The predicted octanol–water partition coefficient (Wildman–Crippen LogP) is 1.89. The highest BCUT2D eigenvalue weighted by molar-refractivity contribution is 6.01. The lowest BCUT2D eigenvalue weighted by molar-refractivity contribution is -0.386. The van der Waals surface area contributed by atoms with Crippen molar-refractivity contribution in [3.05, 3.63) is 27.8 Å². The van der Waals surface area contributed by atoms with Crippen molar-refractivity contribution in [3.8, 4) is 23.8 Å². The molecular weight excluding hydrogens is 376 g/mol. The Kier molecular flexibility index (Phi) is 6.38. The smallest absolute Gasteiger partial charge is 0.493 e. The van der Waals surface area contributed by atoms with Gasteiger partial charge in [0.25, 0.3) is 17.5 Å². The number of carbonyl (C=O) groups is 3. The number of rotatable bonds is 7. The van der Waals surface area contributed by atoms with Crippen LogP contribution >= 0.6 is 0 Å². The number of hydroxylamine groups is 2. The molecule has 1 saturated heterocycles. The molecule has 0 bridgehead atoms. The summed E-state index contributed by atoms with van der Waals surface area (Å²) in [4.78, 5) is 50.1. The van der Waals surface area contributed by atoms with E-state index in [1.54, 1.807) is 0 Å². The summed E-state index contributed by atoms with van der Waals surface area (Å²) in [5, 5.41) is 11.7. The molecule has 1 aliphatic rings. The molecule has 2 rings (SSSR count). The van der Waals surface area contributed by atoms with Gasteiger partial charge in [-0.3, -0.25) is 24.5 Å². The summed E-state index contributed by atoms with van der Waals surface area (Å²) < 4.78 is 15.3. The van der Waals surface area contributed by atoms with Crippen LogP contribution in [0.15, 0.2) is 12.1 Å². The molecule has 1 fully saturated rings. The lowest BCUT2D eigenvalue weighted by Crippen LogP contribution is -2.32. The van der Waals surface area contributed by atoms with Crippen LogP contribution in [0.3, 0.4) is 0 Å². The second kappa shape index (κ2) is 8.72. The molecule has 148 valence electrons. The fraction of sp³-hybridized carbons (Fsp3) is 0.353. The third kappa shape index (κ3) is 4.47. The van der Waals surface area contributed by atoms with Gasteiger partial charge in [0.2, 0.25) is 0 Å². The minimum absolute atomic E-state index is 0.0223. The third-order valence-electron chi connectivity index (χ3n) is 3.70. The van der Waals surface area contributed by atoms with E-state index in [4.69, 9.17) is 20.6 Å². The Morgan fingerprint density at radius 1 is 1.32 bits per heavy atom. The molecule has 1 atom stereocenters. The van der Waals surface area contributed by atoms with Crippen LogP contribution in [0.5, 0.6) is 11.5 Å². The van der Waals surface area contributed by atoms with Crippen molar-refractivity contribution in [1.82, 2.24) is 5.06 Å². The zero-order chi connectivity index (χ0) is 20.8. The number of hydrogen-bond donors (Lipinski definition) is 0. The molecule has 0 saturated carbocycles. The highest BCUT2D eigenvalue weighted by Gasteiger charge is 2.34. The number of benzene rings is 1. The summed E-state index contributed by atoms with van der Waals surface area (Å²) >= 11 is 0. The summed E-state index contributed by atoms with van der Waals surface area (Å²) in [6.45, 7) is 1.21. The van der Waals surface area contributed by atoms with Crippen LogP contribution in [0, 0.1) is 22.5 Å². The highest BCUT2D eigenvalue weighted by atomic mass is 16.8. The van der Waals surface area contributed by atoms with Crippen molar-refractivity contribution in [2.24, 2.45) is 0 Å². The van der Waals surface area contributed by atoms with Crippen molar-refractivity contribution < 1.29 is 38.4 Å². The molecule has 0 N–H and O–H groups in total. The average Bonchev–Trinajstić information content (AvgIpc) is 2.97. The van der Waals surface area contributed by atoms with Gasteiger partial charge in [0.15, 0.2) is 11.5 Å². The molecule has 0 spiro atoms. The van der Waals surface area contributed by atoms with E-state index in [1.165, 1.54) is 20.1 Å². The van der Waals surface area contributed by atoms with E-state index in [2.05, 4.69) is 10.8 Å². The van der Waals surface area contributed by atoms with Crippen molar-refractivity contribution in [2.75, 3.05) is 13.7 Å². The van der Waals surface area contributed by atoms with E-state index in [9.17, 15) is 24.5 Å². The molecule has 11 heteroatoms. The van der Waals surface area contributed by atoms with Crippen molar-refractivity contribution in [3.63, 3.8) is 0 Å². The van der Waals surface area contributed by atoms with Crippen LogP contribution in [-0.2, 0) is 19.2 Å². The van der Waals surface area contributed by atoms with Crippen molar-refractivity contribution >= 4 is 23.7 Å². The van der Waals surface area contributed by atoms with Gasteiger partial charge in [-0.2, -0.15) is 0 Å². The second-order valence-electron chi connectivity index (χ2n) is 5.50. The Morgan fingerprint density at radius 2 is 1.96 bits per heavy atom. The van der Waals surface area contributed by atoms with Gasteiger partial charge in [-0.25, -0.2) is 4.79 Å². The van der Waals surface area contributed by atoms with E-state index in [0.717, 1.165) is 6.07 Å². The maximum absolute atomic E-state index is 11.9. The van der Waals surface area contributed by atoms with Crippen LogP contribution in [-0.4, -0.2) is 41.7 Å². The number of nitro benzene ring substituents is 1. The summed E-state index contributed by atoms with van der Waals surface area (Å²) in [6, 6.07) is 2.35. The van der Waals surface area contributed by atoms with Gasteiger partial charge in [0.05, 0.1) is 23.7 Å². The van der Waals surface area contributed by atoms with Gasteiger partial charge < -0.3 is 14.2 Å². The Labute approximate surface area is 159 Å². The summed E-state index contributed by atoms with van der Waals surface area (Å²) in [5.74, 6) is 1.03. The van der Waals surface area contributed by atoms with E-state index in [1.807, 2.05) is 0 Å². The van der Waals surface area contributed by atoms with E-state index >= 15 is 0 Å². The topological polar surface area (TPSA) is 135 Å². The maximum atomic E-state index is 11.9. The Bertz CT molecular complexity index is 843. The van der Waals surface area contributed by atoms with Crippen LogP contribution in [0.4, 0.5) is 10.5 Å². The molecule has 1 unspecified atom stereocenters. The molecule has 1 aromatic rings. The largest absolute Gasteiger partial charge is 0.534 e. The van der Waals surface area contributed by atoms with E-state index in [0.29, 0.717) is 5.06 Å². The minimum Gasteiger partial charge on any atom is -0.493 e. The Balaban J connectivity index is 2.23. The normalized spacial score (nSPS) is 14.2. The first-order valence-electron chi connectivity index (χ1n) is 7.95. The van der Waals surface area contributed by atoms with E-state index < -0.39 is 34.7 Å². The highest BCUT2D eigenvalue weighted by Crippen LogP contribution is 2.38. The monoisotopic (exact) mass is 392 g/mol. The standard InChI is InChI=1S/C17H16N2O9/c1-4-7-26-14-9-12(19(23)24)11(8-13(14)25-3)10(2)27-17(22)28-18-15(20)5-6-16(18)21/h1,8-10H,5-7H2,2-3H3. The number of hydrogen-bond acceptors (Lipinski definition) is 9. The number of methoxy groups -OCH3 is 1. The molecule has 28 heavy (non-hydrogen) atoms. The van der Waals surface area contributed by atoms with Crippen LogP contribution in [0.1, 0.15) is 31.4 Å². The van der Waals surface area contributed by atoms with Crippen molar-refractivity contribution in [2.45, 2.75) is 25.9 Å². The van der Waals surface area contributed by atoms with Gasteiger partial charge in [0.1, 0.15) is 12.7 Å². The fourth-order valence-corrected chi connectivity index (χ4v) is 2.40. The number of imide groups is 1. The van der Waals surface area contributed by atoms with Gasteiger partial charge >= 0.3 is 6.16 Å². The molecule has 1 heterocycles. The van der Waals surface area contributed by atoms with Gasteiger partial charge in [-0.1, -0.05) is 11.0 Å². The Hall–Kier alpha value is -3.81. The molecule has 0 aliphatic carbocycles. The first-order valence-corrected chi connectivity index (χ1v) is 7.95. The number of ether oxygens (including phenoxy) is 3. The number of nitro groups is 1. The summed E-state index contributed by atoms with van der Waals surface area (Å²) in [5.41, 5.74) is -0.438. The number of nitrogens with zero attached hydrogens (tertiary/aromatic N) is 2. The number of terminal acetylenes is 1. The third-order valence-corrected chi connectivity index (χ3v) is 3.70. The summed E-state index contributed by atoms with van der Waals surface area (Å²) in [6.07, 6.45) is 2.42. The van der Waals surface area contributed by atoms with Crippen LogP contribution in [0.2, 0.25) is 0 Å². The molecule has 11 nitrogen and oxygen atoms in total. The van der Waals surface area contributed by atoms with Gasteiger partial charge in [-0.05, 0) is 13.0 Å². The quantitative estimate of drug-likeness (QED) is 0.224. The maximum Gasteiger partial charge on any atom is 0.534 e. The zero-order valence-corrected chi connectivity index (χ0v) is 15.0. The zero-order valence-electron chi connectivity index (χ0n) is 15.0. The molecular formula is C17H16N2O9. The molecule has 0 aromatic heterocycles. The Morgan fingerprint density at radius 3 is 2.50 bits per heavy atom. The second-order valence-corrected chi connectivity index (χ2v) is 5.50. The molecule has 1 aromatic carbocycles. The minimum atomic E-state index is -1.36. The molecule has 2 amide bonds. The van der Waals surface area contributed by atoms with Crippen LogP contribution in [0.25, 0.3) is 0 Å². The number of carbonyl (C=O) groups excluding carboxylic acids is 3. The number of amides is 2. The van der Waals surface area contributed by atoms with Crippen LogP contribution < -0.4 is 9.47 Å². The first kappa shape index (κ1) is 20.5. The van der Waals surface area contributed by atoms with Gasteiger partial charge in [0, 0.05) is 12.8 Å². The molecule has 1 aliphatic heterocycles. The molecule has 0 radical (unpaired) electrons. The lowest BCUT2D eigenvalue weighted by Gasteiger charge is -2.18. The predicted molar refractivity (Wildman–Crippen MR) is 91.0 cm³/mol.